The number of carbonyl (C=O) groups excluding carboxylic acids is 1. The number of carbonyl (C=O) groups is 1. The maximum atomic E-state index is 12.6. The molecule has 0 bridgehead atoms. The normalized spacial score (nSPS) is 14.1. The first-order valence-electron chi connectivity index (χ1n) is 7.12. The Bertz CT molecular complexity index is 644. The smallest absolute Gasteiger partial charge is 0.193 e. The van der Waals surface area contributed by atoms with E-state index < -0.39 is 0 Å². The predicted molar refractivity (Wildman–Crippen MR) is 79.5 cm³/mol. The van der Waals surface area contributed by atoms with Gasteiger partial charge in [-0.25, -0.2) is 0 Å². The highest BCUT2D eigenvalue weighted by Crippen LogP contribution is 2.26. The van der Waals surface area contributed by atoms with Crippen LogP contribution in [-0.2, 0) is 6.42 Å². The molecule has 1 aliphatic heterocycles. The Hall–Kier alpha value is -2.09. The molecule has 0 saturated carbocycles. The molecule has 2 aromatic rings. The van der Waals surface area contributed by atoms with Gasteiger partial charge in [0.2, 0.25) is 0 Å². The summed E-state index contributed by atoms with van der Waals surface area (Å²) in [6.07, 6.45) is 3.19. The van der Waals surface area contributed by atoms with E-state index in [9.17, 15) is 4.79 Å². The predicted octanol–water partition coefficient (Wildman–Crippen LogP) is 3.94. The molecule has 0 amide bonds. The van der Waals surface area contributed by atoms with Crippen molar-refractivity contribution < 1.29 is 9.53 Å². The van der Waals surface area contributed by atoms with Crippen molar-refractivity contribution in [2.45, 2.75) is 26.2 Å². The van der Waals surface area contributed by atoms with Crippen LogP contribution in [0.1, 0.15) is 39.9 Å². The number of hydrogen-bond donors (Lipinski definition) is 0. The van der Waals surface area contributed by atoms with Crippen LogP contribution < -0.4 is 4.74 Å². The second kappa shape index (κ2) is 5.49. The van der Waals surface area contributed by atoms with Crippen LogP contribution in [0, 0.1) is 6.92 Å². The quantitative estimate of drug-likeness (QED) is 0.770. The van der Waals surface area contributed by atoms with E-state index in [1.807, 2.05) is 49.4 Å². The largest absolute Gasteiger partial charge is 0.493 e. The van der Waals surface area contributed by atoms with Crippen LogP contribution in [-0.4, -0.2) is 12.4 Å². The van der Waals surface area contributed by atoms with Crippen molar-refractivity contribution in [2.75, 3.05) is 6.61 Å². The van der Waals surface area contributed by atoms with Crippen LogP contribution in [0.4, 0.5) is 0 Å². The molecule has 0 spiro atoms. The van der Waals surface area contributed by atoms with E-state index in [0.717, 1.165) is 53.9 Å². The van der Waals surface area contributed by atoms with Crippen molar-refractivity contribution in [1.82, 2.24) is 0 Å². The van der Waals surface area contributed by atoms with Gasteiger partial charge in [0.05, 0.1) is 6.61 Å². The average molecular weight is 266 g/mol. The van der Waals surface area contributed by atoms with E-state index in [4.69, 9.17) is 4.74 Å². The summed E-state index contributed by atoms with van der Waals surface area (Å²) in [7, 11) is 0. The van der Waals surface area contributed by atoms with Crippen molar-refractivity contribution in [3.63, 3.8) is 0 Å². The standard InChI is InChI=1S/C18H18O2/c1-13-6-2-3-8-16(13)18(19)15-9-10-17-14(12-15)7-4-5-11-20-17/h2-3,6,8-10,12H,4-5,7,11H2,1H3. The van der Waals surface area contributed by atoms with Gasteiger partial charge < -0.3 is 4.74 Å². The Morgan fingerprint density at radius 1 is 1.10 bits per heavy atom. The van der Waals surface area contributed by atoms with E-state index in [1.165, 1.54) is 0 Å². The minimum absolute atomic E-state index is 0.0927. The highest BCUT2D eigenvalue weighted by atomic mass is 16.5. The number of ether oxygens (including phenoxy) is 1. The SMILES string of the molecule is Cc1ccccc1C(=O)c1ccc2c(c1)CCCCO2. The lowest BCUT2D eigenvalue weighted by atomic mass is 9.96. The Balaban J connectivity index is 1.97. The number of ketones is 1. The highest BCUT2D eigenvalue weighted by molar-refractivity contribution is 6.10. The Morgan fingerprint density at radius 3 is 2.80 bits per heavy atom. The van der Waals surface area contributed by atoms with E-state index in [2.05, 4.69) is 0 Å². The number of aryl methyl sites for hydroxylation is 2. The average Bonchev–Trinajstić information content (AvgIpc) is 2.71. The van der Waals surface area contributed by atoms with Gasteiger partial charge in [-0.15, -0.1) is 0 Å². The molecular formula is C18H18O2. The number of hydrogen-bond acceptors (Lipinski definition) is 2. The van der Waals surface area contributed by atoms with Gasteiger partial charge in [-0.05, 0) is 55.5 Å². The number of rotatable bonds is 2. The monoisotopic (exact) mass is 266 g/mol. The summed E-state index contributed by atoms with van der Waals surface area (Å²) in [6, 6.07) is 13.5. The second-order valence-corrected chi connectivity index (χ2v) is 5.27. The molecule has 2 nitrogen and oxygen atoms in total. The van der Waals surface area contributed by atoms with Gasteiger partial charge in [-0.1, -0.05) is 24.3 Å². The van der Waals surface area contributed by atoms with Gasteiger partial charge in [0, 0.05) is 11.1 Å². The van der Waals surface area contributed by atoms with Crippen molar-refractivity contribution in [3.05, 3.63) is 64.7 Å². The summed E-state index contributed by atoms with van der Waals surface area (Å²) < 4.78 is 5.70. The topological polar surface area (TPSA) is 26.3 Å². The van der Waals surface area contributed by atoms with E-state index in [-0.39, 0.29) is 5.78 Å². The summed E-state index contributed by atoms with van der Waals surface area (Å²) in [5.41, 5.74) is 3.70. The first kappa shape index (κ1) is 12.9. The van der Waals surface area contributed by atoms with Crippen molar-refractivity contribution in [3.8, 4) is 5.75 Å². The van der Waals surface area contributed by atoms with Crippen LogP contribution in [0.5, 0.6) is 5.75 Å². The van der Waals surface area contributed by atoms with Gasteiger partial charge >= 0.3 is 0 Å². The minimum Gasteiger partial charge on any atom is -0.493 e. The molecule has 0 saturated heterocycles. The van der Waals surface area contributed by atoms with Crippen LogP contribution in [0.2, 0.25) is 0 Å². The summed E-state index contributed by atoms with van der Waals surface area (Å²) >= 11 is 0. The Morgan fingerprint density at radius 2 is 1.95 bits per heavy atom. The van der Waals surface area contributed by atoms with Crippen LogP contribution in [0.25, 0.3) is 0 Å². The lowest BCUT2D eigenvalue weighted by Gasteiger charge is -2.10. The zero-order valence-electron chi connectivity index (χ0n) is 11.7. The van der Waals surface area contributed by atoms with Gasteiger partial charge in [-0.2, -0.15) is 0 Å². The number of benzene rings is 2. The first-order chi connectivity index (χ1) is 9.75. The zero-order valence-corrected chi connectivity index (χ0v) is 11.7. The third kappa shape index (κ3) is 2.46. The molecule has 1 heterocycles. The summed E-state index contributed by atoms with van der Waals surface area (Å²) in [6.45, 7) is 2.75. The van der Waals surface area contributed by atoms with Crippen LogP contribution >= 0.6 is 0 Å². The molecule has 0 unspecified atom stereocenters. The molecule has 0 atom stereocenters. The fourth-order valence-corrected chi connectivity index (χ4v) is 2.64. The molecule has 0 aliphatic carbocycles. The van der Waals surface area contributed by atoms with Crippen molar-refractivity contribution in [1.29, 1.82) is 0 Å². The third-order valence-corrected chi connectivity index (χ3v) is 3.81. The van der Waals surface area contributed by atoms with Gasteiger partial charge in [-0.3, -0.25) is 4.79 Å². The molecule has 0 radical (unpaired) electrons. The first-order valence-corrected chi connectivity index (χ1v) is 7.12. The molecule has 102 valence electrons. The molecular weight excluding hydrogens is 248 g/mol. The van der Waals surface area contributed by atoms with Gasteiger partial charge in [0.15, 0.2) is 5.78 Å². The fourth-order valence-electron chi connectivity index (χ4n) is 2.64. The molecule has 0 N–H and O–H groups in total. The van der Waals surface area contributed by atoms with Crippen LogP contribution in [0.15, 0.2) is 42.5 Å². The summed E-state index contributed by atoms with van der Waals surface area (Å²) in [5.74, 6) is 1.03. The molecule has 20 heavy (non-hydrogen) atoms. The minimum atomic E-state index is 0.0927. The molecule has 2 heteroatoms. The summed E-state index contributed by atoms with van der Waals surface area (Å²) in [4.78, 5) is 12.6. The molecule has 1 aliphatic rings. The summed E-state index contributed by atoms with van der Waals surface area (Å²) in [5, 5.41) is 0. The van der Waals surface area contributed by atoms with Crippen molar-refractivity contribution >= 4 is 5.78 Å². The Labute approximate surface area is 119 Å². The zero-order chi connectivity index (χ0) is 13.9. The van der Waals surface area contributed by atoms with Crippen LogP contribution in [0.3, 0.4) is 0 Å². The number of fused-ring (bicyclic) bond motifs is 1. The van der Waals surface area contributed by atoms with E-state index in [0.29, 0.717) is 0 Å². The molecule has 0 fully saturated rings. The third-order valence-electron chi connectivity index (χ3n) is 3.81. The second-order valence-electron chi connectivity index (χ2n) is 5.27. The van der Waals surface area contributed by atoms with E-state index >= 15 is 0 Å². The maximum absolute atomic E-state index is 12.6. The van der Waals surface area contributed by atoms with E-state index in [1.54, 1.807) is 0 Å². The molecule has 2 aromatic carbocycles. The maximum Gasteiger partial charge on any atom is 0.193 e. The van der Waals surface area contributed by atoms with Crippen molar-refractivity contribution in [2.24, 2.45) is 0 Å². The van der Waals surface area contributed by atoms with Gasteiger partial charge in [0.1, 0.15) is 5.75 Å². The fraction of sp³-hybridized carbons (Fsp3) is 0.278. The lowest BCUT2D eigenvalue weighted by Crippen LogP contribution is -2.04. The molecule has 3 rings (SSSR count). The Kier molecular flexibility index (Phi) is 3.55. The van der Waals surface area contributed by atoms with Gasteiger partial charge in [0.25, 0.3) is 0 Å². The lowest BCUT2D eigenvalue weighted by molar-refractivity contribution is 0.103. The molecule has 0 aromatic heterocycles. The highest BCUT2D eigenvalue weighted by Gasteiger charge is 2.15.